The van der Waals surface area contributed by atoms with Crippen molar-refractivity contribution < 1.29 is 19.1 Å². The highest BCUT2D eigenvalue weighted by Crippen LogP contribution is 2.30. The number of hydrogen-bond acceptors (Lipinski definition) is 7. The van der Waals surface area contributed by atoms with Crippen molar-refractivity contribution in [1.29, 1.82) is 0 Å². The Hall–Kier alpha value is -3.26. The van der Waals surface area contributed by atoms with E-state index in [1.165, 1.54) is 0 Å². The lowest BCUT2D eigenvalue weighted by molar-refractivity contribution is -0.122. The zero-order chi connectivity index (χ0) is 23.5. The molecule has 2 aliphatic rings. The molecule has 1 amide bonds. The molecule has 1 saturated carbocycles. The number of fused-ring (bicyclic) bond motifs is 1. The van der Waals surface area contributed by atoms with Gasteiger partial charge in [0.15, 0.2) is 17.1 Å². The Labute approximate surface area is 199 Å². The molecule has 2 fully saturated rings. The molecule has 3 N–H and O–H groups in total. The van der Waals surface area contributed by atoms with Crippen LogP contribution in [0.2, 0.25) is 0 Å². The predicted octanol–water partition coefficient (Wildman–Crippen LogP) is 4.75. The molecule has 8 nitrogen and oxygen atoms in total. The Morgan fingerprint density at radius 2 is 2.00 bits per heavy atom. The summed E-state index contributed by atoms with van der Waals surface area (Å²) in [6, 6.07) is 12.0. The third kappa shape index (κ3) is 5.12. The number of phenolic OH excluding ortho intramolecular Hbond substituents is 1. The molecule has 1 saturated heterocycles. The standard InChI is InChI=1S/C26H32N4O4/c1-2-33-24-14-17(6-8-22(24)31)16-30-12-10-19(11-13-30)28-26-29-21-15-20(7-9-23(21)34-26)27-25(32)18-4-3-5-18/h6-9,14-15,18-19,31H,2-5,10-13,16H2,1H3,(H,27,32)(H,28,29). The van der Waals surface area contributed by atoms with Crippen LogP contribution >= 0.6 is 0 Å². The van der Waals surface area contributed by atoms with Crippen LogP contribution < -0.4 is 15.4 Å². The topological polar surface area (TPSA) is 99.9 Å². The number of carbonyl (C=O) groups is 1. The first-order valence-corrected chi connectivity index (χ1v) is 12.2. The molecular formula is C26H32N4O4. The Kier molecular flexibility index (Phi) is 6.58. The average molecular weight is 465 g/mol. The maximum Gasteiger partial charge on any atom is 0.295 e. The number of ether oxygens (including phenoxy) is 1. The van der Waals surface area contributed by atoms with Crippen LogP contribution in [0, 0.1) is 5.92 Å². The molecule has 2 heterocycles. The number of benzene rings is 2. The molecule has 8 heteroatoms. The van der Waals surface area contributed by atoms with E-state index in [1.54, 1.807) is 6.07 Å². The summed E-state index contributed by atoms with van der Waals surface area (Å²) < 4.78 is 11.4. The highest BCUT2D eigenvalue weighted by Gasteiger charge is 2.25. The summed E-state index contributed by atoms with van der Waals surface area (Å²) in [5.74, 6) is 0.968. The van der Waals surface area contributed by atoms with Crippen molar-refractivity contribution in [2.45, 2.75) is 51.6 Å². The molecule has 1 aliphatic heterocycles. The molecule has 0 bridgehead atoms. The van der Waals surface area contributed by atoms with Gasteiger partial charge in [0.1, 0.15) is 5.52 Å². The molecule has 2 aromatic carbocycles. The molecular weight excluding hydrogens is 432 g/mol. The summed E-state index contributed by atoms with van der Waals surface area (Å²) >= 11 is 0. The van der Waals surface area contributed by atoms with Crippen molar-refractivity contribution >= 4 is 28.7 Å². The van der Waals surface area contributed by atoms with Crippen LogP contribution in [0.3, 0.4) is 0 Å². The molecule has 0 atom stereocenters. The minimum Gasteiger partial charge on any atom is -0.504 e. The van der Waals surface area contributed by atoms with E-state index in [-0.39, 0.29) is 17.6 Å². The lowest BCUT2D eigenvalue weighted by Crippen LogP contribution is -2.38. The van der Waals surface area contributed by atoms with Gasteiger partial charge in [0.25, 0.3) is 6.01 Å². The lowest BCUT2D eigenvalue weighted by atomic mass is 9.85. The summed E-state index contributed by atoms with van der Waals surface area (Å²) in [6.45, 7) is 5.18. The van der Waals surface area contributed by atoms with Crippen LogP contribution in [-0.2, 0) is 11.3 Å². The van der Waals surface area contributed by atoms with Gasteiger partial charge in [-0.15, -0.1) is 0 Å². The van der Waals surface area contributed by atoms with Gasteiger partial charge in [-0.25, -0.2) is 0 Å². The molecule has 0 radical (unpaired) electrons. The summed E-state index contributed by atoms with van der Waals surface area (Å²) in [4.78, 5) is 19.2. The van der Waals surface area contributed by atoms with Gasteiger partial charge in [0.05, 0.1) is 6.61 Å². The molecule has 5 rings (SSSR count). The molecule has 180 valence electrons. The summed E-state index contributed by atoms with van der Waals surface area (Å²) in [7, 11) is 0. The van der Waals surface area contributed by atoms with E-state index in [2.05, 4.69) is 20.5 Å². The number of aromatic hydroxyl groups is 1. The van der Waals surface area contributed by atoms with E-state index in [0.29, 0.717) is 30.0 Å². The largest absolute Gasteiger partial charge is 0.504 e. The van der Waals surface area contributed by atoms with E-state index in [9.17, 15) is 9.90 Å². The summed E-state index contributed by atoms with van der Waals surface area (Å²) in [6.07, 6.45) is 5.07. The predicted molar refractivity (Wildman–Crippen MR) is 131 cm³/mol. The molecule has 1 aliphatic carbocycles. The number of anilines is 2. The second kappa shape index (κ2) is 9.93. The first-order chi connectivity index (χ1) is 16.6. The Balaban J connectivity index is 1.14. The number of oxazole rings is 1. The number of likely N-dealkylation sites (tertiary alicyclic amines) is 1. The zero-order valence-corrected chi connectivity index (χ0v) is 19.5. The smallest absolute Gasteiger partial charge is 0.295 e. The Bertz CT molecular complexity index is 1150. The second-order valence-corrected chi connectivity index (χ2v) is 9.25. The number of aromatic nitrogens is 1. The van der Waals surface area contributed by atoms with Crippen LogP contribution in [0.25, 0.3) is 11.1 Å². The van der Waals surface area contributed by atoms with Crippen LogP contribution in [-0.4, -0.2) is 46.6 Å². The van der Waals surface area contributed by atoms with Gasteiger partial charge < -0.3 is 24.9 Å². The molecule has 34 heavy (non-hydrogen) atoms. The number of nitrogens with zero attached hydrogens (tertiary/aromatic N) is 2. The van der Waals surface area contributed by atoms with Gasteiger partial charge in [-0.1, -0.05) is 12.5 Å². The first-order valence-electron chi connectivity index (χ1n) is 12.2. The Morgan fingerprint density at radius 1 is 1.18 bits per heavy atom. The van der Waals surface area contributed by atoms with Crippen molar-refractivity contribution in [1.82, 2.24) is 9.88 Å². The van der Waals surface area contributed by atoms with Crippen molar-refractivity contribution in [2.24, 2.45) is 5.92 Å². The third-order valence-corrected chi connectivity index (χ3v) is 6.78. The number of rotatable bonds is 8. The van der Waals surface area contributed by atoms with Crippen LogP contribution in [0.15, 0.2) is 40.8 Å². The van der Waals surface area contributed by atoms with Gasteiger partial charge in [-0.2, -0.15) is 4.98 Å². The van der Waals surface area contributed by atoms with Gasteiger partial charge >= 0.3 is 0 Å². The maximum atomic E-state index is 12.2. The van der Waals surface area contributed by atoms with Gasteiger partial charge in [0, 0.05) is 37.3 Å². The van der Waals surface area contributed by atoms with E-state index in [1.807, 2.05) is 37.3 Å². The van der Waals surface area contributed by atoms with E-state index in [4.69, 9.17) is 9.15 Å². The summed E-state index contributed by atoms with van der Waals surface area (Å²) in [5.41, 5.74) is 3.34. The fourth-order valence-electron chi connectivity index (χ4n) is 4.58. The van der Waals surface area contributed by atoms with Gasteiger partial charge in [0.2, 0.25) is 5.91 Å². The van der Waals surface area contributed by atoms with E-state index in [0.717, 1.165) is 68.5 Å². The number of carbonyl (C=O) groups excluding carboxylic acids is 1. The van der Waals surface area contributed by atoms with Crippen molar-refractivity contribution in [3.63, 3.8) is 0 Å². The van der Waals surface area contributed by atoms with Crippen molar-refractivity contribution in [3.8, 4) is 11.5 Å². The van der Waals surface area contributed by atoms with Crippen molar-refractivity contribution in [3.05, 3.63) is 42.0 Å². The Morgan fingerprint density at radius 3 is 2.74 bits per heavy atom. The van der Waals surface area contributed by atoms with Gasteiger partial charge in [-0.3, -0.25) is 9.69 Å². The van der Waals surface area contributed by atoms with Crippen LogP contribution in [0.1, 0.15) is 44.6 Å². The average Bonchev–Trinajstić information content (AvgIpc) is 3.18. The van der Waals surface area contributed by atoms with Crippen LogP contribution in [0.5, 0.6) is 11.5 Å². The third-order valence-electron chi connectivity index (χ3n) is 6.78. The first kappa shape index (κ1) is 22.5. The van der Waals surface area contributed by atoms with Crippen molar-refractivity contribution in [2.75, 3.05) is 30.3 Å². The molecule has 1 aromatic heterocycles. The highest BCUT2D eigenvalue weighted by molar-refractivity contribution is 5.94. The quantitative estimate of drug-likeness (QED) is 0.442. The van der Waals surface area contributed by atoms with Gasteiger partial charge in [-0.05, 0) is 68.5 Å². The SMILES string of the molecule is CCOc1cc(CN2CCC(Nc3nc4cc(NC(=O)C5CCC5)ccc4o3)CC2)ccc1O. The maximum absolute atomic E-state index is 12.2. The number of piperidine rings is 1. The normalized spacial score (nSPS) is 17.4. The second-order valence-electron chi connectivity index (χ2n) is 9.25. The van der Waals surface area contributed by atoms with E-state index >= 15 is 0 Å². The zero-order valence-electron chi connectivity index (χ0n) is 19.5. The number of nitrogens with one attached hydrogen (secondary N) is 2. The number of hydrogen-bond donors (Lipinski definition) is 3. The molecule has 3 aromatic rings. The fourth-order valence-corrected chi connectivity index (χ4v) is 4.58. The number of amides is 1. The minimum absolute atomic E-state index is 0.0978. The summed E-state index contributed by atoms with van der Waals surface area (Å²) in [5, 5.41) is 16.3. The molecule has 0 unspecified atom stereocenters. The monoisotopic (exact) mass is 464 g/mol. The van der Waals surface area contributed by atoms with E-state index < -0.39 is 0 Å². The molecule has 0 spiro atoms. The van der Waals surface area contributed by atoms with Crippen LogP contribution in [0.4, 0.5) is 11.7 Å². The number of phenols is 1. The highest BCUT2D eigenvalue weighted by atomic mass is 16.5. The fraction of sp³-hybridized carbons (Fsp3) is 0.462. The minimum atomic E-state index is 0.0978. The lowest BCUT2D eigenvalue weighted by Gasteiger charge is -2.32.